The minimum atomic E-state index is -0.521. The Morgan fingerprint density at radius 3 is 2.62 bits per heavy atom. The zero-order valence-corrected chi connectivity index (χ0v) is 17.3. The number of nitrogens with zero attached hydrogens (tertiary/aromatic N) is 3. The average Bonchev–Trinajstić information content (AvgIpc) is 2.60. The molecule has 0 aromatic carbocycles. The van der Waals surface area contributed by atoms with E-state index < -0.39 is 5.60 Å². The normalized spacial score (nSPS) is 19.8. The van der Waals surface area contributed by atoms with Crippen molar-refractivity contribution in [1.82, 2.24) is 9.88 Å². The minimum Gasteiger partial charge on any atom is -0.443 e. The number of hydrogen-bond acceptors (Lipinski definition) is 4. The number of amides is 1. The molecule has 0 spiro atoms. The Balaban J connectivity index is 2.22. The molecule has 5 nitrogen and oxygen atoms in total. The smallest absolute Gasteiger partial charge is 0.416 e. The van der Waals surface area contributed by atoms with Crippen LogP contribution in [0.2, 0.25) is 0 Å². The molecule has 1 fully saturated rings. The monoisotopic (exact) mass is 361 g/mol. The molecule has 2 heterocycles. The van der Waals surface area contributed by atoms with Gasteiger partial charge in [-0.2, -0.15) is 0 Å². The van der Waals surface area contributed by atoms with Crippen molar-refractivity contribution < 1.29 is 9.53 Å². The van der Waals surface area contributed by atoms with Crippen molar-refractivity contribution in [2.24, 2.45) is 0 Å². The van der Waals surface area contributed by atoms with Crippen molar-refractivity contribution in [3.8, 4) is 0 Å². The molecule has 146 valence electrons. The van der Waals surface area contributed by atoms with Crippen LogP contribution in [0.25, 0.3) is 0 Å². The molecule has 26 heavy (non-hydrogen) atoms. The van der Waals surface area contributed by atoms with Gasteiger partial charge in [-0.25, -0.2) is 9.78 Å². The molecule has 5 heteroatoms. The van der Waals surface area contributed by atoms with Gasteiger partial charge in [0.05, 0.1) is 0 Å². The fourth-order valence-electron chi connectivity index (χ4n) is 3.48. The second-order valence-electron chi connectivity index (χ2n) is 8.20. The fourth-order valence-corrected chi connectivity index (χ4v) is 3.48. The van der Waals surface area contributed by atoms with Crippen molar-refractivity contribution in [2.75, 3.05) is 18.0 Å². The molecule has 1 aliphatic rings. The molecule has 2 unspecified atom stereocenters. The van der Waals surface area contributed by atoms with Gasteiger partial charge in [0.2, 0.25) is 0 Å². The predicted octanol–water partition coefficient (Wildman–Crippen LogP) is 5.17. The first-order valence-electron chi connectivity index (χ1n) is 9.99. The van der Waals surface area contributed by atoms with E-state index in [1.54, 1.807) is 4.90 Å². The average molecular weight is 362 g/mol. The third-order valence-electron chi connectivity index (χ3n) is 5.04. The summed E-state index contributed by atoms with van der Waals surface area (Å²) in [6, 6.07) is 4.56. The minimum absolute atomic E-state index is 0.0324. The maximum Gasteiger partial charge on any atom is 0.416 e. The number of aromatic nitrogens is 1. The van der Waals surface area contributed by atoms with E-state index in [1.165, 1.54) is 24.8 Å². The Kier molecular flexibility index (Phi) is 7.04. The fraction of sp³-hybridized carbons (Fsp3) is 0.714. The van der Waals surface area contributed by atoms with Gasteiger partial charge in [-0.3, -0.25) is 9.80 Å². The summed E-state index contributed by atoms with van der Waals surface area (Å²) < 4.78 is 5.60. The molecule has 0 saturated carbocycles. The second kappa shape index (κ2) is 8.85. The van der Waals surface area contributed by atoms with E-state index in [4.69, 9.17) is 4.74 Å². The standard InChI is InChI=1S/C21H35N3O2/c1-7-16(3)24(20(25)26-21(4,5)6)19-13-12-17(15-22-19)18-11-9-10-14-23(18)8-2/h12-13,15-16,18H,7-11,14H2,1-6H3. The van der Waals surface area contributed by atoms with Crippen molar-refractivity contribution in [3.05, 3.63) is 23.9 Å². The lowest BCUT2D eigenvalue weighted by Gasteiger charge is -2.35. The molecular weight excluding hydrogens is 326 g/mol. The van der Waals surface area contributed by atoms with E-state index in [9.17, 15) is 4.79 Å². The zero-order valence-electron chi connectivity index (χ0n) is 17.3. The van der Waals surface area contributed by atoms with Crippen LogP contribution in [-0.2, 0) is 4.74 Å². The number of carbonyl (C=O) groups excluding carboxylic acids is 1. The van der Waals surface area contributed by atoms with Crippen LogP contribution in [-0.4, -0.2) is 40.7 Å². The van der Waals surface area contributed by atoms with E-state index in [-0.39, 0.29) is 12.1 Å². The van der Waals surface area contributed by atoms with Gasteiger partial charge in [0.25, 0.3) is 0 Å². The van der Waals surface area contributed by atoms with Gasteiger partial charge in [-0.1, -0.05) is 26.3 Å². The number of carbonyl (C=O) groups is 1. The third-order valence-corrected chi connectivity index (χ3v) is 5.04. The van der Waals surface area contributed by atoms with Crippen LogP contribution in [0.3, 0.4) is 0 Å². The van der Waals surface area contributed by atoms with E-state index in [1.807, 2.05) is 40.0 Å². The molecule has 1 aromatic heterocycles. The molecule has 0 radical (unpaired) electrons. The van der Waals surface area contributed by atoms with Crippen molar-refractivity contribution in [2.45, 2.75) is 84.9 Å². The first-order valence-corrected chi connectivity index (χ1v) is 9.99. The molecule has 2 rings (SSSR count). The summed E-state index contributed by atoms with van der Waals surface area (Å²) in [5.74, 6) is 0.663. The van der Waals surface area contributed by atoms with Crippen molar-refractivity contribution in [1.29, 1.82) is 0 Å². The van der Waals surface area contributed by atoms with Gasteiger partial charge in [0, 0.05) is 18.3 Å². The Hall–Kier alpha value is -1.62. The van der Waals surface area contributed by atoms with E-state index in [0.717, 1.165) is 19.5 Å². The van der Waals surface area contributed by atoms with Gasteiger partial charge >= 0.3 is 6.09 Å². The number of anilines is 1. The lowest BCUT2D eigenvalue weighted by atomic mass is 9.96. The molecule has 1 amide bonds. The predicted molar refractivity (Wildman–Crippen MR) is 107 cm³/mol. The number of hydrogen-bond donors (Lipinski definition) is 0. The summed E-state index contributed by atoms with van der Waals surface area (Å²) >= 11 is 0. The van der Waals surface area contributed by atoms with Gasteiger partial charge in [-0.05, 0) is 71.7 Å². The summed E-state index contributed by atoms with van der Waals surface area (Å²) in [5, 5.41) is 0. The SMILES string of the molecule is CCC(C)N(C(=O)OC(C)(C)C)c1ccc(C2CCCCN2CC)cn1. The van der Waals surface area contributed by atoms with Crippen LogP contribution in [0.5, 0.6) is 0 Å². The Bertz CT molecular complexity index is 580. The van der Waals surface area contributed by atoms with Gasteiger partial charge < -0.3 is 4.74 Å². The van der Waals surface area contributed by atoms with Crippen LogP contribution < -0.4 is 4.90 Å². The van der Waals surface area contributed by atoms with Crippen molar-refractivity contribution >= 4 is 11.9 Å². The zero-order chi connectivity index (χ0) is 19.3. The molecule has 0 N–H and O–H groups in total. The quantitative estimate of drug-likeness (QED) is 0.726. The van der Waals surface area contributed by atoms with Crippen LogP contribution >= 0.6 is 0 Å². The Morgan fingerprint density at radius 1 is 1.35 bits per heavy atom. The third kappa shape index (κ3) is 5.19. The largest absolute Gasteiger partial charge is 0.443 e. The molecule has 2 atom stereocenters. The van der Waals surface area contributed by atoms with E-state index >= 15 is 0 Å². The highest BCUT2D eigenvalue weighted by atomic mass is 16.6. The summed E-state index contributed by atoms with van der Waals surface area (Å²) in [7, 11) is 0. The molecule has 0 bridgehead atoms. The van der Waals surface area contributed by atoms with E-state index in [2.05, 4.69) is 29.8 Å². The van der Waals surface area contributed by atoms with Gasteiger partial charge in [0.1, 0.15) is 11.4 Å². The number of ether oxygens (including phenoxy) is 1. The van der Waals surface area contributed by atoms with Crippen molar-refractivity contribution in [3.63, 3.8) is 0 Å². The number of pyridine rings is 1. The Morgan fingerprint density at radius 2 is 2.08 bits per heavy atom. The molecular formula is C21H35N3O2. The maximum absolute atomic E-state index is 12.7. The van der Waals surface area contributed by atoms with Gasteiger partial charge in [0.15, 0.2) is 0 Å². The van der Waals surface area contributed by atoms with Gasteiger partial charge in [-0.15, -0.1) is 0 Å². The highest BCUT2D eigenvalue weighted by molar-refractivity contribution is 5.87. The van der Waals surface area contributed by atoms with Crippen LogP contribution in [0.4, 0.5) is 10.6 Å². The molecule has 1 saturated heterocycles. The number of piperidine rings is 1. The van der Waals surface area contributed by atoms with Crippen LogP contribution in [0.15, 0.2) is 18.3 Å². The molecule has 1 aliphatic heterocycles. The van der Waals surface area contributed by atoms with Crippen LogP contribution in [0, 0.1) is 0 Å². The lowest BCUT2D eigenvalue weighted by molar-refractivity contribution is 0.0566. The van der Waals surface area contributed by atoms with Crippen LogP contribution in [0.1, 0.15) is 78.8 Å². The lowest BCUT2D eigenvalue weighted by Crippen LogP contribution is -2.42. The first-order chi connectivity index (χ1) is 12.3. The first kappa shape index (κ1) is 20.7. The highest BCUT2D eigenvalue weighted by Gasteiger charge is 2.28. The molecule has 0 aliphatic carbocycles. The summed E-state index contributed by atoms with van der Waals surface area (Å²) in [4.78, 5) is 21.5. The second-order valence-corrected chi connectivity index (χ2v) is 8.20. The maximum atomic E-state index is 12.7. The number of rotatable bonds is 5. The Labute approximate surface area is 158 Å². The topological polar surface area (TPSA) is 45.7 Å². The summed E-state index contributed by atoms with van der Waals surface area (Å²) in [6.45, 7) is 14.2. The molecule has 1 aromatic rings. The summed E-state index contributed by atoms with van der Waals surface area (Å²) in [6.07, 6.45) is 6.16. The summed E-state index contributed by atoms with van der Waals surface area (Å²) in [5.41, 5.74) is 0.718. The number of likely N-dealkylation sites (tertiary alicyclic amines) is 1. The van der Waals surface area contributed by atoms with E-state index in [0.29, 0.717) is 11.9 Å². The highest BCUT2D eigenvalue weighted by Crippen LogP contribution is 2.31.